The number of aromatic nitrogens is 3. The molecule has 1 aromatic heterocycles. The van der Waals surface area contributed by atoms with Gasteiger partial charge in [0, 0.05) is 25.7 Å². The first kappa shape index (κ1) is 13.1. The van der Waals surface area contributed by atoms with Gasteiger partial charge in [-0.3, -0.25) is 0 Å². The molecule has 98 valence electrons. The van der Waals surface area contributed by atoms with Crippen molar-refractivity contribution in [2.45, 2.75) is 0 Å². The molecule has 19 heavy (non-hydrogen) atoms. The molecule has 1 aromatic carbocycles. The molecule has 0 aliphatic heterocycles. The molecule has 0 bridgehead atoms. The SMILES string of the molecule is C=CCN(CC=C)c1nc(-c2ccccc2)n(C)n1. The van der Waals surface area contributed by atoms with Gasteiger partial charge in [0.05, 0.1) is 0 Å². The highest BCUT2D eigenvalue weighted by atomic mass is 15.4. The van der Waals surface area contributed by atoms with Gasteiger partial charge in [-0.1, -0.05) is 42.5 Å². The summed E-state index contributed by atoms with van der Waals surface area (Å²) in [6.45, 7) is 8.91. The average molecular weight is 254 g/mol. The van der Waals surface area contributed by atoms with Crippen molar-refractivity contribution in [3.05, 3.63) is 55.6 Å². The summed E-state index contributed by atoms with van der Waals surface area (Å²) in [5, 5.41) is 4.46. The number of nitrogens with zero attached hydrogens (tertiary/aromatic N) is 4. The molecule has 0 saturated heterocycles. The van der Waals surface area contributed by atoms with Gasteiger partial charge < -0.3 is 4.90 Å². The van der Waals surface area contributed by atoms with E-state index < -0.39 is 0 Å². The molecule has 4 nitrogen and oxygen atoms in total. The molecule has 2 rings (SSSR count). The molecule has 0 fully saturated rings. The molecule has 0 N–H and O–H groups in total. The first-order valence-corrected chi connectivity index (χ1v) is 6.19. The molecule has 1 heterocycles. The van der Waals surface area contributed by atoms with Crippen molar-refractivity contribution in [2.24, 2.45) is 7.05 Å². The summed E-state index contributed by atoms with van der Waals surface area (Å²) >= 11 is 0. The summed E-state index contributed by atoms with van der Waals surface area (Å²) in [5.41, 5.74) is 1.06. The Morgan fingerprint density at radius 2 is 1.79 bits per heavy atom. The normalized spacial score (nSPS) is 10.2. The van der Waals surface area contributed by atoms with Crippen LogP contribution in [0.15, 0.2) is 55.6 Å². The van der Waals surface area contributed by atoms with E-state index in [1.807, 2.05) is 54.4 Å². The summed E-state index contributed by atoms with van der Waals surface area (Å²) < 4.78 is 1.80. The molecule has 0 saturated carbocycles. The zero-order chi connectivity index (χ0) is 13.7. The van der Waals surface area contributed by atoms with Gasteiger partial charge in [-0.2, -0.15) is 4.98 Å². The second-order valence-corrected chi connectivity index (χ2v) is 4.21. The van der Waals surface area contributed by atoms with Gasteiger partial charge in [0.25, 0.3) is 0 Å². The van der Waals surface area contributed by atoms with E-state index in [1.54, 1.807) is 4.68 Å². The fourth-order valence-corrected chi connectivity index (χ4v) is 1.89. The predicted octanol–water partition coefficient (Wildman–Crippen LogP) is 2.66. The van der Waals surface area contributed by atoms with E-state index >= 15 is 0 Å². The summed E-state index contributed by atoms with van der Waals surface area (Å²) in [6, 6.07) is 10.0. The molecule has 0 atom stereocenters. The van der Waals surface area contributed by atoms with E-state index in [9.17, 15) is 0 Å². The summed E-state index contributed by atoms with van der Waals surface area (Å²) in [7, 11) is 1.90. The van der Waals surface area contributed by atoms with Crippen LogP contribution in [-0.4, -0.2) is 27.9 Å². The molecule has 0 unspecified atom stereocenters. The van der Waals surface area contributed by atoms with Crippen LogP contribution in [0.4, 0.5) is 5.95 Å². The molecular weight excluding hydrogens is 236 g/mol. The van der Waals surface area contributed by atoms with Crippen LogP contribution in [-0.2, 0) is 7.05 Å². The van der Waals surface area contributed by atoms with E-state index in [0.29, 0.717) is 19.0 Å². The number of rotatable bonds is 6. The number of benzene rings is 1. The van der Waals surface area contributed by atoms with Gasteiger partial charge in [0.1, 0.15) is 0 Å². The van der Waals surface area contributed by atoms with Crippen LogP contribution in [0.1, 0.15) is 0 Å². The lowest BCUT2D eigenvalue weighted by atomic mass is 10.2. The molecule has 0 spiro atoms. The van der Waals surface area contributed by atoms with Crippen LogP contribution in [0.2, 0.25) is 0 Å². The largest absolute Gasteiger partial charge is 0.332 e. The maximum atomic E-state index is 4.60. The van der Waals surface area contributed by atoms with Crippen LogP contribution in [0.5, 0.6) is 0 Å². The highest BCUT2D eigenvalue weighted by Gasteiger charge is 2.13. The third-order valence-electron chi connectivity index (χ3n) is 2.77. The highest BCUT2D eigenvalue weighted by molar-refractivity contribution is 5.56. The molecule has 0 radical (unpaired) electrons. The smallest absolute Gasteiger partial charge is 0.245 e. The zero-order valence-electron chi connectivity index (χ0n) is 11.2. The monoisotopic (exact) mass is 254 g/mol. The predicted molar refractivity (Wildman–Crippen MR) is 79.0 cm³/mol. The van der Waals surface area contributed by atoms with Gasteiger partial charge in [-0.05, 0) is 0 Å². The molecule has 0 aliphatic rings. The van der Waals surface area contributed by atoms with Crippen LogP contribution < -0.4 is 4.90 Å². The highest BCUT2D eigenvalue weighted by Crippen LogP contribution is 2.19. The van der Waals surface area contributed by atoms with Crippen molar-refractivity contribution >= 4 is 5.95 Å². The standard InChI is InChI=1S/C15H18N4/c1-4-11-19(12-5-2)15-16-14(18(3)17-15)13-9-7-6-8-10-13/h4-10H,1-2,11-12H2,3H3. The van der Waals surface area contributed by atoms with Crippen molar-refractivity contribution < 1.29 is 0 Å². The minimum atomic E-state index is 0.696. The van der Waals surface area contributed by atoms with E-state index in [4.69, 9.17) is 0 Å². The summed E-state index contributed by atoms with van der Waals surface area (Å²) in [4.78, 5) is 6.62. The molecule has 0 amide bonds. The molecule has 0 aliphatic carbocycles. The molecule has 2 aromatic rings. The van der Waals surface area contributed by atoms with Crippen LogP contribution in [0, 0.1) is 0 Å². The summed E-state index contributed by atoms with van der Waals surface area (Å²) in [6.07, 6.45) is 3.67. The first-order chi connectivity index (χ1) is 9.26. The maximum Gasteiger partial charge on any atom is 0.245 e. The Labute approximate surface area is 113 Å². The van der Waals surface area contributed by atoms with E-state index in [2.05, 4.69) is 23.2 Å². The first-order valence-electron chi connectivity index (χ1n) is 6.19. The van der Waals surface area contributed by atoms with Gasteiger partial charge in [0.2, 0.25) is 5.95 Å². The second-order valence-electron chi connectivity index (χ2n) is 4.21. The van der Waals surface area contributed by atoms with E-state index in [-0.39, 0.29) is 0 Å². The Hall–Kier alpha value is -2.36. The van der Waals surface area contributed by atoms with Crippen molar-refractivity contribution in [3.63, 3.8) is 0 Å². The average Bonchev–Trinajstić information content (AvgIpc) is 2.81. The minimum absolute atomic E-state index is 0.696. The third-order valence-corrected chi connectivity index (χ3v) is 2.77. The number of hydrogen-bond acceptors (Lipinski definition) is 3. The van der Waals surface area contributed by atoms with Crippen molar-refractivity contribution in [3.8, 4) is 11.4 Å². The minimum Gasteiger partial charge on any atom is -0.332 e. The van der Waals surface area contributed by atoms with Crippen LogP contribution >= 0.6 is 0 Å². The van der Waals surface area contributed by atoms with Crippen molar-refractivity contribution in [1.82, 2.24) is 14.8 Å². The lowest BCUT2D eigenvalue weighted by Crippen LogP contribution is -2.24. The summed E-state index contributed by atoms with van der Waals surface area (Å²) in [5.74, 6) is 1.55. The van der Waals surface area contributed by atoms with E-state index in [1.165, 1.54) is 0 Å². The lowest BCUT2D eigenvalue weighted by molar-refractivity contribution is 0.761. The van der Waals surface area contributed by atoms with Gasteiger partial charge in [-0.15, -0.1) is 18.3 Å². The molecule has 4 heteroatoms. The lowest BCUT2D eigenvalue weighted by Gasteiger charge is -2.16. The fourth-order valence-electron chi connectivity index (χ4n) is 1.89. The number of aryl methyl sites for hydroxylation is 1. The van der Waals surface area contributed by atoms with Crippen molar-refractivity contribution in [1.29, 1.82) is 0 Å². The van der Waals surface area contributed by atoms with Crippen LogP contribution in [0.25, 0.3) is 11.4 Å². The quantitative estimate of drug-likeness (QED) is 0.743. The van der Waals surface area contributed by atoms with Gasteiger partial charge in [0.15, 0.2) is 5.82 Å². The maximum absolute atomic E-state index is 4.60. The van der Waals surface area contributed by atoms with E-state index in [0.717, 1.165) is 11.4 Å². The Morgan fingerprint density at radius 3 is 2.37 bits per heavy atom. The van der Waals surface area contributed by atoms with Gasteiger partial charge >= 0.3 is 0 Å². The number of anilines is 1. The Balaban J connectivity index is 2.34. The Kier molecular flexibility index (Phi) is 4.13. The topological polar surface area (TPSA) is 34.0 Å². The second kappa shape index (κ2) is 6.00. The molecular formula is C15H18N4. The number of hydrogen-bond donors (Lipinski definition) is 0. The third kappa shape index (κ3) is 2.91. The van der Waals surface area contributed by atoms with Crippen molar-refractivity contribution in [2.75, 3.05) is 18.0 Å². The Morgan fingerprint density at radius 1 is 1.16 bits per heavy atom. The van der Waals surface area contributed by atoms with Crippen LogP contribution in [0.3, 0.4) is 0 Å². The van der Waals surface area contributed by atoms with Gasteiger partial charge in [-0.25, -0.2) is 4.68 Å². The fraction of sp³-hybridized carbons (Fsp3) is 0.200. The zero-order valence-corrected chi connectivity index (χ0v) is 11.2. The Bertz CT molecular complexity index is 547.